The summed E-state index contributed by atoms with van der Waals surface area (Å²) in [5.74, 6) is 0. The minimum absolute atomic E-state index is 0.0838. The van der Waals surface area contributed by atoms with Gasteiger partial charge >= 0.3 is 0 Å². The normalized spacial score (nSPS) is 17.7. The lowest BCUT2D eigenvalue weighted by atomic mass is 9.94. The molecule has 1 aromatic rings. The monoisotopic (exact) mass is 358 g/mol. The van der Waals surface area contributed by atoms with Crippen molar-refractivity contribution in [2.45, 2.75) is 42.4 Å². The Morgan fingerprint density at radius 1 is 1.38 bits per heavy atom. The van der Waals surface area contributed by atoms with Gasteiger partial charge in [-0.3, -0.25) is 10.1 Å². The molecule has 0 radical (unpaired) electrons. The Hall–Kier alpha value is -1.71. The van der Waals surface area contributed by atoms with Crippen molar-refractivity contribution in [3.8, 4) is 0 Å². The number of hydrogen-bond acceptors (Lipinski definition) is 7. The average molecular weight is 358 g/mol. The van der Waals surface area contributed by atoms with Crippen LogP contribution in [0.4, 0.5) is 11.4 Å². The van der Waals surface area contributed by atoms with E-state index in [4.69, 9.17) is 4.74 Å². The van der Waals surface area contributed by atoms with Crippen LogP contribution in [0.15, 0.2) is 23.1 Å². The second-order valence-electron chi connectivity index (χ2n) is 6.22. The van der Waals surface area contributed by atoms with E-state index in [9.17, 15) is 23.6 Å². The molecule has 0 amide bonds. The standard InChI is InChI=1S/C15H22N2O6S/c1-11(2)24(21,22)12-3-4-13(14(9-12)17(19)20)16-10-15(18)5-7-23-8-6-15/h3-4,9,11,16,18H,5-8,10H2,1-2H3. The molecule has 0 atom stereocenters. The molecule has 0 bridgehead atoms. The zero-order valence-corrected chi connectivity index (χ0v) is 14.5. The third kappa shape index (κ3) is 4.03. The van der Waals surface area contributed by atoms with Crippen LogP contribution in [0.25, 0.3) is 0 Å². The molecule has 134 valence electrons. The van der Waals surface area contributed by atoms with Crippen molar-refractivity contribution < 1.29 is 23.2 Å². The average Bonchev–Trinajstić information content (AvgIpc) is 2.53. The molecule has 2 N–H and O–H groups in total. The number of hydrogen-bond donors (Lipinski definition) is 2. The summed E-state index contributed by atoms with van der Waals surface area (Å²) in [7, 11) is -3.60. The molecule has 0 saturated carbocycles. The quantitative estimate of drug-likeness (QED) is 0.587. The summed E-state index contributed by atoms with van der Waals surface area (Å²) < 4.78 is 29.5. The van der Waals surface area contributed by atoms with E-state index in [-0.39, 0.29) is 22.8 Å². The Kier molecular flexibility index (Phi) is 5.46. The molecule has 1 aromatic carbocycles. The lowest BCUT2D eigenvalue weighted by Crippen LogP contribution is -2.42. The van der Waals surface area contributed by atoms with Gasteiger partial charge in [0.25, 0.3) is 5.69 Å². The van der Waals surface area contributed by atoms with Crippen molar-refractivity contribution in [2.24, 2.45) is 0 Å². The van der Waals surface area contributed by atoms with Crippen LogP contribution in [-0.2, 0) is 14.6 Å². The van der Waals surface area contributed by atoms with Crippen molar-refractivity contribution in [3.05, 3.63) is 28.3 Å². The molecule has 1 aliphatic heterocycles. The number of anilines is 1. The Morgan fingerprint density at radius 2 is 2.00 bits per heavy atom. The first-order valence-electron chi connectivity index (χ1n) is 7.72. The summed E-state index contributed by atoms with van der Waals surface area (Å²) in [4.78, 5) is 10.6. The number of rotatable bonds is 6. The first-order chi connectivity index (χ1) is 11.2. The number of sulfone groups is 1. The molecule has 1 heterocycles. The predicted molar refractivity (Wildman–Crippen MR) is 88.9 cm³/mol. The highest BCUT2D eigenvalue weighted by Gasteiger charge is 2.31. The summed E-state index contributed by atoms with van der Waals surface area (Å²) in [6, 6.07) is 3.78. The van der Waals surface area contributed by atoms with Crippen molar-refractivity contribution in [1.82, 2.24) is 0 Å². The lowest BCUT2D eigenvalue weighted by Gasteiger charge is -2.32. The molecule has 0 spiro atoms. The van der Waals surface area contributed by atoms with Gasteiger partial charge in [-0.2, -0.15) is 0 Å². The van der Waals surface area contributed by atoms with Gasteiger partial charge in [-0.1, -0.05) is 0 Å². The number of nitro groups is 1. The van der Waals surface area contributed by atoms with Crippen molar-refractivity contribution in [3.63, 3.8) is 0 Å². The second kappa shape index (κ2) is 7.04. The van der Waals surface area contributed by atoms with Gasteiger partial charge in [0.1, 0.15) is 5.69 Å². The molecular formula is C15H22N2O6S. The Balaban J connectivity index is 2.26. The van der Waals surface area contributed by atoms with Crippen LogP contribution in [0.3, 0.4) is 0 Å². The Labute approximate surface area is 140 Å². The van der Waals surface area contributed by atoms with Gasteiger partial charge in [0, 0.05) is 38.7 Å². The second-order valence-corrected chi connectivity index (χ2v) is 8.72. The van der Waals surface area contributed by atoms with Crippen LogP contribution >= 0.6 is 0 Å². The van der Waals surface area contributed by atoms with E-state index in [1.165, 1.54) is 26.0 Å². The molecule has 2 rings (SSSR count). The van der Waals surface area contributed by atoms with Gasteiger partial charge in [-0.25, -0.2) is 8.42 Å². The van der Waals surface area contributed by atoms with Gasteiger partial charge in [-0.05, 0) is 26.0 Å². The summed E-state index contributed by atoms with van der Waals surface area (Å²) in [5, 5.41) is 23.9. The van der Waals surface area contributed by atoms with Crippen LogP contribution in [0.2, 0.25) is 0 Å². The minimum Gasteiger partial charge on any atom is -0.388 e. The number of nitro benzene ring substituents is 1. The van der Waals surface area contributed by atoms with E-state index < -0.39 is 25.6 Å². The van der Waals surface area contributed by atoms with E-state index in [0.717, 1.165) is 6.07 Å². The fourth-order valence-electron chi connectivity index (χ4n) is 2.45. The number of nitrogens with zero attached hydrogens (tertiary/aromatic N) is 1. The van der Waals surface area contributed by atoms with Gasteiger partial charge in [0.2, 0.25) is 0 Å². The van der Waals surface area contributed by atoms with E-state index in [0.29, 0.717) is 26.1 Å². The highest BCUT2D eigenvalue weighted by Crippen LogP contribution is 2.30. The molecular weight excluding hydrogens is 336 g/mol. The molecule has 1 aliphatic rings. The van der Waals surface area contributed by atoms with E-state index in [2.05, 4.69) is 5.32 Å². The lowest BCUT2D eigenvalue weighted by molar-refractivity contribution is -0.384. The summed E-state index contributed by atoms with van der Waals surface area (Å²) in [6.45, 7) is 4.05. The summed E-state index contributed by atoms with van der Waals surface area (Å²) in [5.41, 5.74) is -1.13. The minimum atomic E-state index is -3.60. The number of nitrogens with one attached hydrogen (secondary N) is 1. The molecule has 24 heavy (non-hydrogen) atoms. The predicted octanol–water partition coefficient (Wildman–Crippen LogP) is 1.73. The molecule has 1 fully saturated rings. The fourth-order valence-corrected chi connectivity index (χ4v) is 3.53. The first-order valence-corrected chi connectivity index (χ1v) is 9.27. The van der Waals surface area contributed by atoms with Crippen LogP contribution in [-0.4, -0.2) is 49.1 Å². The van der Waals surface area contributed by atoms with E-state index in [1.807, 2.05) is 0 Å². The Morgan fingerprint density at radius 3 is 2.54 bits per heavy atom. The van der Waals surface area contributed by atoms with Gasteiger partial charge in [-0.15, -0.1) is 0 Å². The zero-order chi connectivity index (χ0) is 18.0. The number of benzene rings is 1. The molecule has 0 unspecified atom stereocenters. The van der Waals surface area contributed by atoms with Gasteiger partial charge in [0.15, 0.2) is 9.84 Å². The van der Waals surface area contributed by atoms with E-state index in [1.54, 1.807) is 0 Å². The molecule has 0 aromatic heterocycles. The van der Waals surface area contributed by atoms with E-state index >= 15 is 0 Å². The largest absolute Gasteiger partial charge is 0.388 e. The molecule has 0 aliphatic carbocycles. The zero-order valence-electron chi connectivity index (χ0n) is 13.7. The van der Waals surface area contributed by atoms with Crippen molar-refractivity contribution in [2.75, 3.05) is 25.1 Å². The molecule has 8 nitrogen and oxygen atoms in total. The number of aliphatic hydroxyl groups is 1. The SMILES string of the molecule is CC(C)S(=O)(=O)c1ccc(NCC2(O)CCOCC2)c([N+](=O)[O-])c1. The van der Waals surface area contributed by atoms with Crippen LogP contribution in [0, 0.1) is 10.1 Å². The third-order valence-electron chi connectivity index (χ3n) is 4.15. The maximum Gasteiger partial charge on any atom is 0.293 e. The molecule has 9 heteroatoms. The maximum atomic E-state index is 12.2. The van der Waals surface area contributed by atoms with Crippen LogP contribution in [0.5, 0.6) is 0 Å². The van der Waals surface area contributed by atoms with Gasteiger partial charge < -0.3 is 15.2 Å². The first kappa shape index (κ1) is 18.6. The Bertz CT molecular complexity index is 711. The topological polar surface area (TPSA) is 119 Å². The van der Waals surface area contributed by atoms with Crippen molar-refractivity contribution in [1.29, 1.82) is 0 Å². The van der Waals surface area contributed by atoms with Crippen LogP contribution in [0.1, 0.15) is 26.7 Å². The van der Waals surface area contributed by atoms with Crippen molar-refractivity contribution >= 4 is 21.2 Å². The smallest absolute Gasteiger partial charge is 0.293 e. The summed E-state index contributed by atoms with van der Waals surface area (Å²) >= 11 is 0. The highest BCUT2D eigenvalue weighted by molar-refractivity contribution is 7.92. The third-order valence-corrected chi connectivity index (χ3v) is 6.30. The maximum absolute atomic E-state index is 12.2. The van der Waals surface area contributed by atoms with Crippen LogP contribution < -0.4 is 5.32 Å². The van der Waals surface area contributed by atoms with Gasteiger partial charge in [0.05, 0.1) is 20.7 Å². The fraction of sp³-hybridized carbons (Fsp3) is 0.600. The summed E-state index contributed by atoms with van der Waals surface area (Å²) in [6.07, 6.45) is 0.876. The highest BCUT2D eigenvalue weighted by atomic mass is 32.2. The number of ether oxygens (including phenoxy) is 1. The molecule has 1 saturated heterocycles.